The number of rotatable bonds is 4. The Kier molecular flexibility index (Phi) is 4.81. The smallest absolute Gasteiger partial charge is 0.265 e. The fourth-order valence-corrected chi connectivity index (χ4v) is 3.08. The van der Waals surface area contributed by atoms with E-state index in [1.807, 2.05) is 29.2 Å². The minimum atomic E-state index is -0.0905. The second-order valence-electron chi connectivity index (χ2n) is 5.87. The fourth-order valence-electron chi connectivity index (χ4n) is 3.08. The summed E-state index contributed by atoms with van der Waals surface area (Å²) in [6.45, 7) is 7.04. The average Bonchev–Trinajstić information content (AvgIpc) is 2.60. The number of carbonyl (C=O) groups excluding carboxylic acids is 2. The number of piperazine rings is 1. The first-order valence-corrected chi connectivity index (χ1v) is 8.21. The number of ether oxygens (including phenoxy) is 1. The Hall–Kier alpha value is -2.08. The highest BCUT2D eigenvalue weighted by molar-refractivity contribution is 5.98. The predicted octanol–water partition coefficient (Wildman–Crippen LogP) is 0.966. The van der Waals surface area contributed by atoms with Gasteiger partial charge in [0.2, 0.25) is 5.91 Å². The first kappa shape index (κ1) is 15.8. The van der Waals surface area contributed by atoms with E-state index in [0.29, 0.717) is 18.7 Å². The number of nitrogens with zero attached hydrogens (tertiary/aromatic N) is 3. The molecule has 1 aromatic rings. The summed E-state index contributed by atoms with van der Waals surface area (Å²) in [5, 5.41) is 0. The molecule has 0 radical (unpaired) electrons. The van der Waals surface area contributed by atoms with Gasteiger partial charge in [0, 0.05) is 39.1 Å². The molecule has 0 atom stereocenters. The summed E-state index contributed by atoms with van der Waals surface area (Å²) in [5.74, 6) is 0.737. The van der Waals surface area contributed by atoms with Crippen LogP contribution in [0.1, 0.15) is 13.3 Å². The van der Waals surface area contributed by atoms with Crippen molar-refractivity contribution >= 4 is 17.5 Å². The Labute approximate surface area is 136 Å². The van der Waals surface area contributed by atoms with Crippen LogP contribution in [0.5, 0.6) is 5.75 Å². The van der Waals surface area contributed by atoms with Gasteiger partial charge in [-0.05, 0) is 18.7 Å². The van der Waals surface area contributed by atoms with Crippen LogP contribution in [0.25, 0.3) is 0 Å². The van der Waals surface area contributed by atoms with Gasteiger partial charge in [0.15, 0.2) is 6.61 Å². The van der Waals surface area contributed by atoms with Crippen molar-refractivity contribution in [1.82, 2.24) is 9.80 Å². The standard InChI is InChI=1S/C17H23N3O3/c1-2-18-9-11-19(12-10-18)16(21)7-8-20-14-5-3-4-6-15(14)23-13-17(20)22/h3-6H,2,7-13H2,1H3. The van der Waals surface area contributed by atoms with E-state index in [1.54, 1.807) is 4.90 Å². The third-order valence-corrected chi connectivity index (χ3v) is 4.53. The van der Waals surface area contributed by atoms with Crippen LogP contribution in [0.15, 0.2) is 24.3 Å². The van der Waals surface area contributed by atoms with Crippen molar-refractivity contribution in [3.05, 3.63) is 24.3 Å². The van der Waals surface area contributed by atoms with Crippen molar-refractivity contribution in [3.63, 3.8) is 0 Å². The van der Waals surface area contributed by atoms with Gasteiger partial charge in [-0.15, -0.1) is 0 Å². The molecule has 0 spiro atoms. The summed E-state index contributed by atoms with van der Waals surface area (Å²) < 4.78 is 5.42. The molecule has 0 saturated carbocycles. The number of para-hydroxylation sites is 2. The summed E-state index contributed by atoms with van der Waals surface area (Å²) in [7, 11) is 0. The number of anilines is 1. The van der Waals surface area contributed by atoms with Gasteiger partial charge in [-0.3, -0.25) is 9.59 Å². The zero-order chi connectivity index (χ0) is 16.2. The second-order valence-corrected chi connectivity index (χ2v) is 5.87. The number of fused-ring (bicyclic) bond motifs is 1. The molecular formula is C17H23N3O3. The second kappa shape index (κ2) is 7.00. The first-order chi connectivity index (χ1) is 11.2. The maximum Gasteiger partial charge on any atom is 0.265 e. The molecule has 0 unspecified atom stereocenters. The van der Waals surface area contributed by atoms with Crippen LogP contribution in [-0.2, 0) is 9.59 Å². The van der Waals surface area contributed by atoms with Crippen molar-refractivity contribution in [3.8, 4) is 5.75 Å². The Morgan fingerprint density at radius 2 is 1.91 bits per heavy atom. The van der Waals surface area contributed by atoms with E-state index >= 15 is 0 Å². The van der Waals surface area contributed by atoms with Crippen LogP contribution in [-0.4, -0.2) is 67.5 Å². The van der Waals surface area contributed by atoms with E-state index in [2.05, 4.69) is 11.8 Å². The lowest BCUT2D eigenvalue weighted by Crippen LogP contribution is -2.49. The van der Waals surface area contributed by atoms with Gasteiger partial charge >= 0.3 is 0 Å². The lowest BCUT2D eigenvalue weighted by Gasteiger charge is -2.35. The fraction of sp³-hybridized carbons (Fsp3) is 0.529. The molecule has 2 aliphatic rings. The summed E-state index contributed by atoms with van der Waals surface area (Å²) in [4.78, 5) is 30.4. The highest BCUT2D eigenvalue weighted by Crippen LogP contribution is 2.31. The average molecular weight is 317 g/mol. The molecule has 124 valence electrons. The van der Waals surface area contributed by atoms with Gasteiger partial charge in [-0.25, -0.2) is 0 Å². The van der Waals surface area contributed by atoms with Gasteiger partial charge in [0.05, 0.1) is 5.69 Å². The monoisotopic (exact) mass is 317 g/mol. The summed E-state index contributed by atoms with van der Waals surface area (Å²) >= 11 is 0. The van der Waals surface area contributed by atoms with Crippen LogP contribution in [0.4, 0.5) is 5.69 Å². The lowest BCUT2D eigenvalue weighted by molar-refractivity contribution is -0.132. The highest BCUT2D eigenvalue weighted by atomic mass is 16.5. The molecule has 6 heteroatoms. The largest absolute Gasteiger partial charge is 0.482 e. The van der Waals surface area contributed by atoms with E-state index in [0.717, 1.165) is 38.4 Å². The van der Waals surface area contributed by atoms with E-state index < -0.39 is 0 Å². The molecule has 2 aliphatic heterocycles. The SMILES string of the molecule is CCN1CCN(C(=O)CCN2C(=O)COc3ccccc32)CC1. The minimum Gasteiger partial charge on any atom is -0.482 e. The third kappa shape index (κ3) is 3.47. The molecule has 2 amide bonds. The van der Waals surface area contributed by atoms with E-state index in [-0.39, 0.29) is 18.4 Å². The maximum atomic E-state index is 12.4. The molecule has 23 heavy (non-hydrogen) atoms. The lowest BCUT2D eigenvalue weighted by atomic mass is 10.2. The topological polar surface area (TPSA) is 53.1 Å². The van der Waals surface area contributed by atoms with Gasteiger partial charge in [0.25, 0.3) is 5.91 Å². The quantitative estimate of drug-likeness (QED) is 0.830. The maximum absolute atomic E-state index is 12.4. The van der Waals surface area contributed by atoms with E-state index in [9.17, 15) is 9.59 Å². The van der Waals surface area contributed by atoms with Crippen molar-refractivity contribution < 1.29 is 14.3 Å². The van der Waals surface area contributed by atoms with E-state index in [1.165, 1.54) is 0 Å². The highest BCUT2D eigenvalue weighted by Gasteiger charge is 2.27. The zero-order valence-corrected chi connectivity index (χ0v) is 13.5. The molecule has 2 heterocycles. The number of benzene rings is 1. The van der Waals surface area contributed by atoms with Crippen LogP contribution < -0.4 is 9.64 Å². The van der Waals surface area contributed by atoms with E-state index in [4.69, 9.17) is 4.74 Å². The van der Waals surface area contributed by atoms with Gasteiger partial charge < -0.3 is 19.4 Å². The normalized spacial score (nSPS) is 18.6. The summed E-state index contributed by atoms with van der Waals surface area (Å²) in [6.07, 6.45) is 0.353. The summed E-state index contributed by atoms with van der Waals surface area (Å²) in [5.41, 5.74) is 0.757. The van der Waals surface area contributed by atoms with Crippen molar-refractivity contribution in [2.75, 3.05) is 50.8 Å². The third-order valence-electron chi connectivity index (χ3n) is 4.53. The minimum absolute atomic E-state index is 0.0420. The first-order valence-electron chi connectivity index (χ1n) is 8.21. The Bertz CT molecular complexity index is 582. The Balaban J connectivity index is 1.58. The molecule has 1 fully saturated rings. The number of hydrogen-bond acceptors (Lipinski definition) is 4. The molecule has 1 aromatic carbocycles. The van der Waals surface area contributed by atoms with Gasteiger partial charge in [-0.2, -0.15) is 0 Å². The van der Waals surface area contributed by atoms with Crippen LogP contribution in [0, 0.1) is 0 Å². The molecule has 0 N–H and O–H groups in total. The summed E-state index contributed by atoms with van der Waals surface area (Å²) in [6, 6.07) is 7.46. The number of likely N-dealkylation sites (N-methyl/N-ethyl adjacent to an activating group) is 1. The van der Waals surface area contributed by atoms with Gasteiger partial charge in [0.1, 0.15) is 5.75 Å². The Morgan fingerprint density at radius 3 is 2.65 bits per heavy atom. The van der Waals surface area contributed by atoms with Crippen molar-refractivity contribution in [2.24, 2.45) is 0 Å². The molecule has 1 saturated heterocycles. The van der Waals surface area contributed by atoms with Gasteiger partial charge in [-0.1, -0.05) is 19.1 Å². The molecule has 0 aromatic heterocycles. The predicted molar refractivity (Wildman–Crippen MR) is 87.6 cm³/mol. The van der Waals surface area contributed by atoms with Crippen LogP contribution >= 0.6 is 0 Å². The molecule has 3 rings (SSSR count). The van der Waals surface area contributed by atoms with Crippen molar-refractivity contribution in [1.29, 1.82) is 0 Å². The molecule has 0 aliphatic carbocycles. The molecular weight excluding hydrogens is 294 g/mol. The molecule has 0 bridgehead atoms. The van der Waals surface area contributed by atoms with Crippen LogP contribution in [0.2, 0.25) is 0 Å². The zero-order valence-electron chi connectivity index (χ0n) is 13.5. The van der Waals surface area contributed by atoms with Crippen LogP contribution in [0.3, 0.4) is 0 Å². The number of hydrogen-bond donors (Lipinski definition) is 0. The number of amides is 2. The molecule has 6 nitrogen and oxygen atoms in total. The van der Waals surface area contributed by atoms with Crippen molar-refractivity contribution in [2.45, 2.75) is 13.3 Å². The Morgan fingerprint density at radius 1 is 1.17 bits per heavy atom. The number of carbonyl (C=O) groups is 2.